The second-order valence-electron chi connectivity index (χ2n) is 18.3. The number of aliphatic hydroxyl groups is 3. The van der Waals surface area contributed by atoms with Gasteiger partial charge in [0.05, 0.1) is 43.0 Å². The van der Waals surface area contributed by atoms with Crippen LogP contribution in [0.5, 0.6) is 5.75 Å². The number of nitrogens with zero attached hydrogens (tertiary/aromatic N) is 2. The summed E-state index contributed by atoms with van der Waals surface area (Å²) >= 11 is 0. The zero-order chi connectivity index (χ0) is 48.8. The quantitative estimate of drug-likeness (QED) is 0.0420. The first-order valence-corrected chi connectivity index (χ1v) is 23.9. The summed E-state index contributed by atoms with van der Waals surface area (Å²) in [7, 11) is 1.45. The molecule has 0 unspecified atom stereocenters. The number of hydrogen-bond acceptors (Lipinski definition) is 12. The smallest absolute Gasteiger partial charge is 0.421 e. The van der Waals surface area contributed by atoms with Crippen molar-refractivity contribution in [2.45, 2.75) is 79.9 Å². The van der Waals surface area contributed by atoms with Crippen LogP contribution in [0.4, 0.5) is 10.5 Å². The SMILES string of the molecule is COCCOC(=O)N1C(=O)[C@@]2(c3cc(C#CC4(O)CCCCCC4)ccc31)[C@H](c1ccc(OCCO)cc1)N1[C@H](c3ccccc3)[C@H](c3ccccc3)OC(=O)[C@H]1[C@@H]2C(=O)NC[C@H](O)c1ccccc1. The second kappa shape index (κ2) is 21.0. The number of morpholine rings is 1. The zero-order valence-electron chi connectivity index (χ0n) is 38.9. The highest BCUT2D eigenvalue weighted by molar-refractivity contribution is 6.23. The van der Waals surface area contributed by atoms with Gasteiger partial charge in [0.2, 0.25) is 11.8 Å². The molecule has 3 amide bonds. The van der Waals surface area contributed by atoms with E-state index in [2.05, 4.69) is 17.2 Å². The van der Waals surface area contributed by atoms with E-state index in [0.29, 0.717) is 40.8 Å². The maximum Gasteiger partial charge on any atom is 0.421 e. The van der Waals surface area contributed by atoms with Gasteiger partial charge in [-0.1, -0.05) is 128 Å². The minimum absolute atomic E-state index is 0.0175. The first kappa shape index (κ1) is 48.2. The molecule has 0 aromatic heterocycles. The van der Waals surface area contributed by atoms with Crippen LogP contribution in [-0.2, 0) is 34.0 Å². The summed E-state index contributed by atoms with van der Waals surface area (Å²) in [6.07, 6.45) is 1.44. The molecule has 1 saturated carbocycles. The van der Waals surface area contributed by atoms with Gasteiger partial charge in [0.15, 0.2) is 0 Å². The van der Waals surface area contributed by atoms with Crippen molar-refractivity contribution in [2.24, 2.45) is 5.92 Å². The van der Waals surface area contributed by atoms with Gasteiger partial charge < -0.3 is 39.6 Å². The third-order valence-corrected chi connectivity index (χ3v) is 14.0. The molecule has 2 saturated heterocycles. The summed E-state index contributed by atoms with van der Waals surface area (Å²) in [6.45, 7) is -0.665. The van der Waals surface area contributed by atoms with Crippen molar-refractivity contribution in [3.8, 4) is 17.6 Å². The number of carbonyl (C=O) groups excluding carboxylic acids is 4. The number of ether oxygens (including phenoxy) is 4. The van der Waals surface area contributed by atoms with E-state index in [1.165, 1.54) is 7.11 Å². The van der Waals surface area contributed by atoms with Gasteiger partial charge in [0.1, 0.15) is 42.1 Å². The number of methoxy groups -OCH3 is 1. The normalized spacial score (nSPS) is 24.1. The highest BCUT2D eigenvalue weighted by Crippen LogP contribution is 2.66. The molecule has 7 atom stereocenters. The molecule has 3 heterocycles. The van der Waals surface area contributed by atoms with Gasteiger partial charge >= 0.3 is 12.1 Å². The molecule has 0 bridgehead atoms. The molecule has 1 aliphatic carbocycles. The maximum atomic E-state index is 16.4. The largest absolute Gasteiger partial charge is 0.491 e. The van der Waals surface area contributed by atoms with E-state index in [9.17, 15) is 20.1 Å². The van der Waals surface area contributed by atoms with Crippen LogP contribution in [-0.4, -0.2) is 95.8 Å². The highest BCUT2D eigenvalue weighted by Gasteiger charge is 2.75. The molecule has 1 spiro atoms. The molecule has 362 valence electrons. The minimum atomic E-state index is -2.12. The maximum absolute atomic E-state index is 16.4. The lowest BCUT2D eigenvalue weighted by atomic mass is 9.65. The van der Waals surface area contributed by atoms with E-state index in [4.69, 9.17) is 18.9 Å². The summed E-state index contributed by atoms with van der Waals surface area (Å²) in [5.41, 5.74) is -0.232. The molecule has 14 nitrogen and oxygen atoms in total. The Morgan fingerprint density at radius 1 is 0.800 bits per heavy atom. The topological polar surface area (TPSA) is 184 Å². The van der Waals surface area contributed by atoms with Crippen molar-refractivity contribution in [2.75, 3.05) is 45.0 Å². The number of amides is 3. The Hall–Kier alpha value is -6.86. The fraction of sp³-hybridized carbons (Fsp3) is 0.357. The van der Waals surface area contributed by atoms with Crippen LogP contribution in [0, 0.1) is 17.8 Å². The number of imide groups is 1. The molecular formula is C56H57N3O11. The van der Waals surface area contributed by atoms with Crippen LogP contribution in [0.3, 0.4) is 0 Å². The standard InChI is InChI=1S/C56H57N3O11/c1-67-33-34-69-54(65)58-44-26-21-37(27-30-55(66)28-13-2-3-14-29-55)35-43(44)56(53(58)64)46(51(62)57-36-45(61)38-15-7-4-8-16-38)48-52(63)70-49(40-19-11-6-12-20-40)47(39-17-9-5-10-18-39)59(48)50(56)41-22-24-42(25-23-41)68-32-31-60/h4-12,15-26,35,45-50,60-61,66H,2-3,13-14,28-29,31-34,36H2,1H3,(H,57,62)/t45-,46+,47+,48+,49-,50-,56+/m0/s1. The average Bonchev–Trinajstić information content (AvgIpc) is 3.73. The Balaban J connectivity index is 1.32. The van der Waals surface area contributed by atoms with E-state index >= 15 is 14.4 Å². The molecule has 0 radical (unpaired) electrons. The van der Waals surface area contributed by atoms with Crippen LogP contribution in [0.1, 0.15) is 96.2 Å². The lowest BCUT2D eigenvalue weighted by molar-refractivity contribution is -0.178. The lowest BCUT2D eigenvalue weighted by Gasteiger charge is -2.46. The Bertz CT molecular complexity index is 2720. The van der Waals surface area contributed by atoms with Crippen LogP contribution in [0.25, 0.3) is 0 Å². The number of hydrogen-bond donors (Lipinski definition) is 4. The number of carbonyl (C=O) groups is 4. The van der Waals surface area contributed by atoms with E-state index in [1.807, 2.05) is 71.6 Å². The number of fused-ring (bicyclic) bond motifs is 3. The molecule has 14 heteroatoms. The third kappa shape index (κ3) is 9.19. The summed E-state index contributed by atoms with van der Waals surface area (Å²) in [5.74, 6) is 2.76. The Labute approximate surface area is 407 Å². The van der Waals surface area contributed by atoms with Crippen molar-refractivity contribution in [3.63, 3.8) is 0 Å². The van der Waals surface area contributed by atoms with Crippen molar-refractivity contribution in [3.05, 3.63) is 167 Å². The van der Waals surface area contributed by atoms with Crippen molar-refractivity contribution in [1.29, 1.82) is 0 Å². The number of esters is 1. The van der Waals surface area contributed by atoms with Crippen molar-refractivity contribution in [1.82, 2.24) is 10.2 Å². The first-order chi connectivity index (χ1) is 34.1. The molecule has 5 aromatic carbocycles. The molecule has 4 N–H and O–H groups in total. The predicted molar refractivity (Wildman–Crippen MR) is 258 cm³/mol. The number of benzene rings is 5. The molecular weight excluding hydrogens is 891 g/mol. The number of nitrogens with one attached hydrogen (secondary N) is 1. The predicted octanol–water partition coefficient (Wildman–Crippen LogP) is 6.79. The summed E-state index contributed by atoms with van der Waals surface area (Å²) in [5, 5.41) is 35.7. The Kier molecular flexibility index (Phi) is 14.5. The molecule has 5 aromatic rings. The molecule has 9 rings (SSSR count). The number of anilines is 1. The summed E-state index contributed by atoms with van der Waals surface area (Å²) in [6, 6.07) is 35.8. The number of aliphatic hydroxyl groups excluding tert-OH is 2. The van der Waals surface area contributed by atoms with Gasteiger partial charge in [-0.05, 0) is 83.8 Å². The van der Waals surface area contributed by atoms with Gasteiger partial charge in [-0.15, -0.1) is 0 Å². The fourth-order valence-electron chi connectivity index (χ4n) is 10.9. The van der Waals surface area contributed by atoms with Gasteiger partial charge in [0, 0.05) is 19.2 Å². The fourth-order valence-corrected chi connectivity index (χ4v) is 10.9. The summed E-state index contributed by atoms with van der Waals surface area (Å²) < 4.78 is 23.3. The van der Waals surface area contributed by atoms with Crippen LogP contribution in [0.15, 0.2) is 133 Å². The minimum Gasteiger partial charge on any atom is -0.491 e. The van der Waals surface area contributed by atoms with Crippen LogP contribution in [0.2, 0.25) is 0 Å². The van der Waals surface area contributed by atoms with Gasteiger partial charge in [-0.25, -0.2) is 9.69 Å². The second-order valence-corrected chi connectivity index (χ2v) is 18.3. The van der Waals surface area contributed by atoms with Crippen molar-refractivity contribution >= 4 is 29.6 Å². The number of cyclic esters (lactones) is 1. The van der Waals surface area contributed by atoms with Crippen LogP contribution < -0.4 is 15.0 Å². The molecule has 3 fully saturated rings. The van der Waals surface area contributed by atoms with E-state index in [0.717, 1.165) is 36.1 Å². The monoisotopic (exact) mass is 947 g/mol. The van der Waals surface area contributed by atoms with Crippen molar-refractivity contribution < 1.29 is 53.4 Å². The average molecular weight is 948 g/mol. The van der Waals surface area contributed by atoms with E-state index in [1.54, 1.807) is 66.7 Å². The first-order valence-electron chi connectivity index (χ1n) is 23.9. The molecule has 4 aliphatic rings. The Morgan fingerprint density at radius 2 is 1.46 bits per heavy atom. The molecule has 3 aliphatic heterocycles. The summed E-state index contributed by atoms with van der Waals surface area (Å²) in [4.78, 5) is 65.0. The Morgan fingerprint density at radius 3 is 2.11 bits per heavy atom. The van der Waals surface area contributed by atoms with E-state index < -0.39 is 71.1 Å². The van der Waals surface area contributed by atoms with Gasteiger partial charge in [0.25, 0.3) is 0 Å². The van der Waals surface area contributed by atoms with Crippen LogP contribution >= 0.6 is 0 Å². The lowest BCUT2D eigenvalue weighted by Crippen LogP contribution is -2.56. The third-order valence-electron chi connectivity index (χ3n) is 14.0. The number of rotatable bonds is 13. The van der Waals surface area contributed by atoms with Gasteiger partial charge in [-0.3, -0.25) is 19.3 Å². The highest BCUT2D eigenvalue weighted by atomic mass is 16.6. The zero-order valence-corrected chi connectivity index (χ0v) is 38.9. The van der Waals surface area contributed by atoms with Gasteiger partial charge in [-0.2, -0.15) is 0 Å². The molecule has 70 heavy (non-hydrogen) atoms. The van der Waals surface area contributed by atoms with E-state index in [-0.39, 0.29) is 44.2 Å².